The zero-order chi connectivity index (χ0) is 15.2. The molecule has 118 valence electrons. The van der Waals surface area contributed by atoms with Crippen molar-refractivity contribution in [3.05, 3.63) is 22.5 Å². The molecule has 21 heavy (non-hydrogen) atoms. The predicted molar refractivity (Wildman–Crippen MR) is 78.9 cm³/mol. The summed E-state index contributed by atoms with van der Waals surface area (Å²) in [5.41, 5.74) is -0.0502. The van der Waals surface area contributed by atoms with Crippen molar-refractivity contribution in [3.8, 4) is 0 Å². The highest BCUT2D eigenvalue weighted by atomic mass is 16.6. The Kier molecular flexibility index (Phi) is 5.69. The Labute approximate surface area is 124 Å². The molecule has 2 unspecified atom stereocenters. The molecule has 0 bridgehead atoms. The van der Waals surface area contributed by atoms with Gasteiger partial charge < -0.3 is 10.4 Å². The lowest BCUT2D eigenvalue weighted by Gasteiger charge is -2.29. The van der Waals surface area contributed by atoms with Gasteiger partial charge in [0.1, 0.15) is 12.4 Å². The first-order chi connectivity index (χ1) is 10.1. The van der Waals surface area contributed by atoms with Gasteiger partial charge in [0.25, 0.3) is 0 Å². The molecule has 0 radical (unpaired) electrons. The van der Waals surface area contributed by atoms with Gasteiger partial charge >= 0.3 is 5.69 Å². The van der Waals surface area contributed by atoms with Crippen LogP contribution in [0, 0.1) is 16.0 Å². The summed E-state index contributed by atoms with van der Waals surface area (Å²) in [5, 5.41) is 27.8. The normalized spacial score (nSPS) is 19.3. The maximum absolute atomic E-state index is 10.6. The molecule has 2 N–H and O–H groups in total. The molecule has 2 atom stereocenters. The van der Waals surface area contributed by atoms with Gasteiger partial charge in [-0.1, -0.05) is 19.3 Å². The zero-order valence-corrected chi connectivity index (χ0v) is 12.4. The molecule has 2 rings (SSSR count). The van der Waals surface area contributed by atoms with Gasteiger partial charge in [-0.05, 0) is 25.7 Å². The van der Waals surface area contributed by atoms with E-state index in [1.165, 1.54) is 49.2 Å². The lowest BCUT2D eigenvalue weighted by molar-refractivity contribution is -0.385. The minimum atomic E-state index is -0.601. The van der Waals surface area contributed by atoms with Gasteiger partial charge in [-0.2, -0.15) is 5.10 Å². The van der Waals surface area contributed by atoms with Crippen molar-refractivity contribution in [2.24, 2.45) is 5.92 Å². The van der Waals surface area contributed by atoms with E-state index in [1.54, 1.807) is 0 Å². The van der Waals surface area contributed by atoms with E-state index >= 15 is 0 Å². The van der Waals surface area contributed by atoms with Crippen molar-refractivity contribution in [1.82, 2.24) is 15.1 Å². The molecule has 0 aliphatic heterocycles. The number of hydrogen-bond donors (Lipinski definition) is 2. The van der Waals surface area contributed by atoms with Gasteiger partial charge in [-0.3, -0.25) is 14.8 Å². The van der Waals surface area contributed by atoms with E-state index in [1.807, 2.05) is 0 Å². The van der Waals surface area contributed by atoms with Crippen molar-refractivity contribution >= 4 is 5.69 Å². The highest BCUT2D eigenvalue weighted by Crippen LogP contribution is 2.26. The molecule has 1 aromatic rings. The molecule has 1 aromatic heterocycles. The quantitative estimate of drug-likeness (QED) is 0.590. The molecule has 1 heterocycles. The van der Waals surface area contributed by atoms with Crippen LogP contribution in [0.15, 0.2) is 12.4 Å². The van der Waals surface area contributed by atoms with Crippen molar-refractivity contribution in [1.29, 1.82) is 0 Å². The van der Waals surface area contributed by atoms with Crippen LogP contribution in [0.1, 0.15) is 39.0 Å². The highest BCUT2D eigenvalue weighted by molar-refractivity contribution is 5.20. The number of aliphatic hydroxyl groups excluding tert-OH is 1. The number of nitrogens with zero attached hydrogens (tertiary/aromatic N) is 3. The Morgan fingerprint density at radius 2 is 2.24 bits per heavy atom. The third-order valence-corrected chi connectivity index (χ3v) is 4.26. The molecule has 1 fully saturated rings. The lowest BCUT2D eigenvalue weighted by Crippen LogP contribution is -2.40. The van der Waals surface area contributed by atoms with Gasteiger partial charge in [-0.25, -0.2) is 0 Å². The fraction of sp³-hybridized carbons (Fsp3) is 0.786. The Hall–Kier alpha value is -1.47. The van der Waals surface area contributed by atoms with Crippen LogP contribution in [0.25, 0.3) is 0 Å². The smallest absolute Gasteiger partial charge is 0.306 e. The first kappa shape index (κ1) is 15.9. The second-order valence-corrected chi connectivity index (χ2v) is 5.93. The van der Waals surface area contributed by atoms with Crippen molar-refractivity contribution in [2.45, 2.75) is 57.7 Å². The van der Waals surface area contributed by atoms with Crippen LogP contribution in [-0.4, -0.2) is 38.5 Å². The summed E-state index contributed by atoms with van der Waals surface area (Å²) < 4.78 is 1.41. The van der Waals surface area contributed by atoms with Crippen LogP contribution in [-0.2, 0) is 6.54 Å². The van der Waals surface area contributed by atoms with Crippen LogP contribution in [0.2, 0.25) is 0 Å². The molecular formula is C14H24N4O3. The lowest BCUT2D eigenvalue weighted by atomic mass is 9.84. The number of nitro groups is 1. The summed E-state index contributed by atoms with van der Waals surface area (Å²) in [7, 11) is 0. The first-order valence-corrected chi connectivity index (χ1v) is 7.64. The topological polar surface area (TPSA) is 93.2 Å². The third-order valence-electron chi connectivity index (χ3n) is 4.26. The fourth-order valence-corrected chi connectivity index (χ4v) is 2.95. The third kappa shape index (κ3) is 4.78. The monoisotopic (exact) mass is 296 g/mol. The Morgan fingerprint density at radius 1 is 1.52 bits per heavy atom. The van der Waals surface area contributed by atoms with E-state index in [0.717, 1.165) is 0 Å². The molecule has 7 heteroatoms. The molecule has 0 saturated heterocycles. The number of rotatable bonds is 7. The largest absolute Gasteiger partial charge is 0.390 e. The maximum atomic E-state index is 10.6. The van der Waals surface area contributed by atoms with Gasteiger partial charge in [0, 0.05) is 12.6 Å². The minimum Gasteiger partial charge on any atom is -0.390 e. The van der Waals surface area contributed by atoms with E-state index in [-0.39, 0.29) is 12.2 Å². The van der Waals surface area contributed by atoms with E-state index in [2.05, 4.69) is 17.3 Å². The second-order valence-electron chi connectivity index (χ2n) is 5.93. The van der Waals surface area contributed by atoms with Crippen molar-refractivity contribution in [3.63, 3.8) is 0 Å². The fourth-order valence-electron chi connectivity index (χ4n) is 2.95. The van der Waals surface area contributed by atoms with Crippen molar-refractivity contribution in [2.75, 3.05) is 6.54 Å². The highest BCUT2D eigenvalue weighted by Gasteiger charge is 2.20. The number of nitrogens with one attached hydrogen (secondary N) is 1. The van der Waals surface area contributed by atoms with Gasteiger partial charge in [-0.15, -0.1) is 0 Å². The molecule has 1 aliphatic carbocycles. The van der Waals surface area contributed by atoms with E-state index in [0.29, 0.717) is 18.5 Å². The SMILES string of the molecule is CC(NCC(O)Cn1cc([N+](=O)[O-])cn1)C1CCCCC1. The van der Waals surface area contributed by atoms with Crippen LogP contribution >= 0.6 is 0 Å². The summed E-state index contributed by atoms with van der Waals surface area (Å²) in [6, 6.07) is 0.395. The number of hydrogen-bond acceptors (Lipinski definition) is 5. The maximum Gasteiger partial charge on any atom is 0.306 e. The van der Waals surface area contributed by atoms with Crippen LogP contribution in [0.4, 0.5) is 5.69 Å². The summed E-state index contributed by atoms with van der Waals surface area (Å²) in [6.07, 6.45) is 8.40. The van der Waals surface area contributed by atoms with Crippen molar-refractivity contribution < 1.29 is 10.0 Å². The standard InChI is InChI=1S/C14H24N4O3/c1-11(12-5-3-2-4-6-12)15-8-14(19)10-17-9-13(7-16-17)18(20)21/h7,9,11-12,14-15,19H,2-6,8,10H2,1H3. The molecule has 1 saturated carbocycles. The van der Waals surface area contributed by atoms with Crippen LogP contribution in [0.5, 0.6) is 0 Å². The Morgan fingerprint density at radius 3 is 2.86 bits per heavy atom. The van der Waals surface area contributed by atoms with Gasteiger partial charge in [0.05, 0.1) is 17.6 Å². The Bertz CT molecular complexity index is 457. The van der Waals surface area contributed by atoms with Crippen LogP contribution < -0.4 is 5.32 Å². The Balaban J connectivity index is 1.73. The summed E-state index contributed by atoms with van der Waals surface area (Å²) in [6.45, 7) is 2.91. The number of aromatic nitrogens is 2. The molecular weight excluding hydrogens is 272 g/mol. The molecule has 0 spiro atoms. The van der Waals surface area contributed by atoms with E-state index in [9.17, 15) is 15.2 Å². The van der Waals surface area contributed by atoms with Crippen LogP contribution in [0.3, 0.4) is 0 Å². The molecule has 0 amide bonds. The zero-order valence-electron chi connectivity index (χ0n) is 12.4. The summed E-state index contributed by atoms with van der Waals surface area (Å²) in [5.74, 6) is 0.691. The first-order valence-electron chi connectivity index (χ1n) is 7.64. The summed E-state index contributed by atoms with van der Waals surface area (Å²) >= 11 is 0. The molecule has 0 aromatic carbocycles. The second kappa shape index (κ2) is 7.51. The van der Waals surface area contributed by atoms with Gasteiger partial charge in [0.15, 0.2) is 0 Å². The summed E-state index contributed by atoms with van der Waals surface area (Å²) in [4.78, 5) is 10.1. The van der Waals surface area contributed by atoms with E-state index in [4.69, 9.17) is 0 Å². The number of aliphatic hydroxyl groups is 1. The van der Waals surface area contributed by atoms with E-state index < -0.39 is 11.0 Å². The minimum absolute atomic E-state index is 0.0502. The predicted octanol–water partition coefficient (Wildman–Crippen LogP) is 1.71. The molecule has 1 aliphatic rings. The molecule has 7 nitrogen and oxygen atoms in total. The van der Waals surface area contributed by atoms with Gasteiger partial charge in [0.2, 0.25) is 0 Å². The average molecular weight is 296 g/mol. The average Bonchev–Trinajstić information content (AvgIpc) is 2.94.